The lowest BCUT2D eigenvalue weighted by atomic mass is 10.1. The largest absolute Gasteiger partial charge is 0.389 e. The second-order valence-electron chi connectivity index (χ2n) is 3.80. The van der Waals surface area contributed by atoms with E-state index in [1.807, 2.05) is 49.1 Å². The second kappa shape index (κ2) is 4.06. The molecule has 0 amide bonds. The molecule has 0 saturated carbocycles. The molecule has 82 valence electrons. The summed E-state index contributed by atoms with van der Waals surface area (Å²) < 4.78 is 1.82. The fraction of sp³-hybridized carbons (Fsp3) is 0.167. The molecule has 2 rings (SSSR count). The van der Waals surface area contributed by atoms with Gasteiger partial charge < -0.3 is 5.73 Å². The van der Waals surface area contributed by atoms with Crippen molar-refractivity contribution in [3.8, 4) is 5.69 Å². The molecule has 0 aliphatic rings. The number of thiocarbonyl (C=S) groups is 1. The number of hydrogen-bond acceptors (Lipinski definition) is 2. The number of para-hydroxylation sites is 1. The lowest BCUT2D eigenvalue weighted by Crippen LogP contribution is -2.14. The molecule has 3 nitrogen and oxygen atoms in total. The van der Waals surface area contributed by atoms with Gasteiger partial charge in [0.25, 0.3) is 0 Å². The minimum absolute atomic E-state index is 0.395. The molecular weight excluding hydrogens is 218 g/mol. The number of hydrogen-bond donors (Lipinski definition) is 1. The molecule has 1 heterocycles. The molecule has 1 aromatic carbocycles. The molecule has 0 aliphatic carbocycles. The van der Waals surface area contributed by atoms with Crippen molar-refractivity contribution in [3.05, 3.63) is 47.3 Å². The van der Waals surface area contributed by atoms with Crippen molar-refractivity contribution >= 4 is 17.2 Å². The maximum Gasteiger partial charge on any atom is 0.106 e. The highest BCUT2D eigenvalue weighted by Gasteiger charge is 2.10. The van der Waals surface area contributed by atoms with Gasteiger partial charge in [-0.1, -0.05) is 24.4 Å². The molecular formula is C12H13N3S. The van der Waals surface area contributed by atoms with Gasteiger partial charge >= 0.3 is 0 Å². The molecule has 0 unspecified atom stereocenters. The maximum atomic E-state index is 5.72. The van der Waals surface area contributed by atoms with E-state index in [0.29, 0.717) is 4.99 Å². The van der Waals surface area contributed by atoms with Crippen LogP contribution in [0, 0.1) is 13.8 Å². The Hall–Kier alpha value is -1.68. The van der Waals surface area contributed by atoms with Crippen molar-refractivity contribution in [1.82, 2.24) is 9.78 Å². The van der Waals surface area contributed by atoms with Crippen LogP contribution in [-0.4, -0.2) is 14.8 Å². The molecule has 0 fully saturated rings. The van der Waals surface area contributed by atoms with Crippen LogP contribution >= 0.6 is 12.2 Å². The average molecular weight is 231 g/mol. The molecule has 0 bridgehead atoms. The van der Waals surface area contributed by atoms with E-state index in [-0.39, 0.29) is 0 Å². The van der Waals surface area contributed by atoms with Crippen molar-refractivity contribution in [2.24, 2.45) is 5.73 Å². The molecule has 2 N–H and O–H groups in total. The molecule has 0 aliphatic heterocycles. The zero-order valence-electron chi connectivity index (χ0n) is 9.27. The van der Waals surface area contributed by atoms with Gasteiger partial charge in [-0.15, -0.1) is 0 Å². The van der Waals surface area contributed by atoms with E-state index in [1.54, 1.807) is 0 Å². The molecule has 0 saturated heterocycles. The summed E-state index contributed by atoms with van der Waals surface area (Å²) in [5.41, 5.74) is 9.75. The molecule has 4 heteroatoms. The Labute approximate surface area is 99.9 Å². The standard InChI is InChI=1S/C12H13N3S/c1-8-6-14-15(7-8)11-9(2)4-3-5-10(11)12(13)16/h3-7H,1-2H3,(H2,13,16). The highest BCUT2D eigenvalue weighted by Crippen LogP contribution is 2.19. The summed E-state index contributed by atoms with van der Waals surface area (Å²) in [6.07, 6.45) is 3.78. The monoisotopic (exact) mass is 231 g/mol. The molecule has 1 aromatic heterocycles. The zero-order valence-corrected chi connectivity index (χ0v) is 10.1. The number of rotatable bonds is 2. The summed E-state index contributed by atoms with van der Waals surface area (Å²) in [7, 11) is 0. The van der Waals surface area contributed by atoms with Crippen LogP contribution in [0.2, 0.25) is 0 Å². The summed E-state index contributed by atoms with van der Waals surface area (Å²) in [4.78, 5) is 0.395. The van der Waals surface area contributed by atoms with Gasteiger partial charge in [0, 0.05) is 11.8 Å². The van der Waals surface area contributed by atoms with E-state index >= 15 is 0 Å². The normalized spacial score (nSPS) is 10.4. The van der Waals surface area contributed by atoms with Crippen molar-refractivity contribution < 1.29 is 0 Å². The van der Waals surface area contributed by atoms with Crippen molar-refractivity contribution in [3.63, 3.8) is 0 Å². The quantitative estimate of drug-likeness (QED) is 0.805. The van der Waals surface area contributed by atoms with E-state index in [0.717, 1.165) is 22.4 Å². The van der Waals surface area contributed by atoms with E-state index in [4.69, 9.17) is 18.0 Å². The summed E-state index contributed by atoms with van der Waals surface area (Å²) in [5.74, 6) is 0. The lowest BCUT2D eigenvalue weighted by Gasteiger charge is -2.11. The highest BCUT2D eigenvalue weighted by molar-refractivity contribution is 7.80. The van der Waals surface area contributed by atoms with Gasteiger partial charge in [-0.05, 0) is 31.0 Å². The van der Waals surface area contributed by atoms with Gasteiger partial charge in [0.1, 0.15) is 4.99 Å². The van der Waals surface area contributed by atoms with Gasteiger partial charge in [-0.2, -0.15) is 5.10 Å². The summed E-state index contributed by atoms with van der Waals surface area (Å²) >= 11 is 5.05. The summed E-state index contributed by atoms with van der Waals surface area (Å²) in [5, 5.41) is 4.29. The first-order chi connectivity index (χ1) is 7.59. The molecule has 2 aromatic rings. The molecule has 0 atom stereocenters. The first-order valence-corrected chi connectivity index (χ1v) is 5.41. The van der Waals surface area contributed by atoms with E-state index in [2.05, 4.69) is 5.10 Å². The predicted molar refractivity (Wildman–Crippen MR) is 68.9 cm³/mol. The first kappa shape index (κ1) is 10.8. The Morgan fingerprint density at radius 3 is 2.69 bits per heavy atom. The van der Waals surface area contributed by atoms with E-state index in [1.165, 1.54) is 0 Å². The van der Waals surface area contributed by atoms with Crippen molar-refractivity contribution in [1.29, 1.82) is 0 Å². The first-order valence-electron chi connectivity index (χ1n) is 5.00. The summed E-state index contributed by atoms with van der Waals surface area (Å²) in [6.45, 7) is 4.02. The van der Waals surface area contributed by atoms with Gasteiger partial charge in [0.15, 0.2) is 0 Å². The third kappa shape index (κ3) is 1.84. The van der Waals surface area contributed by atoms with Crippen LogP contribution in [-0.2, 0) is 0 Å². The van der Waals surface area contributed by atoms with Gasteiger partial charge in [-0.25, -0.2) is 4.68 Å². The van der Waals surface area contributed by atoms with Crippen molar-refractivity contribution in [2.45, 2.75) is 13.8 Å². The average Bonchev–Trinajstić information content (AvgIpc) is 2.64. The Kier molecular flexibility index (Phi) is 2.75. The van der Waals surface area contributed by atoms with E-state index in [9.17, 15) is 0 Å². The Bertz CT molecular complexity index is 543. The fourth-order valence-corrected chi connectivity index (χ4v) is 1.86. The molecule has 0 spiro atoms. The van der Waals surface area contributed by atoms with Crippen LogP contribution in [0.1, 0.15) is 16.7 Å². The molecule has 16 heavy (non-hydrogen) atoms. The third-order valence-electron chi connectivity index (χ3n) is 2.44. The SMILES string of the molecule is Cc1cnn(-c2c(C)cccc2C(N)=S)c1. The van der Waals surface area contributed by atoms with Crippen LogP contribution < -0.4 is 5.73 Å². The Balaban J connectivity index is 2.67. The maximum absolute atomic E-state index is 5.72. The summed E-state index contributed by atoms with van der Waals surface area (Å²) in [6, 6.07) is 5.89. The number of nitrogens with two attached hydrogens (primary N) is 1. The lowest BCUT2D eigenvalue weighted by molar-refractivity contribution is 0.870. The second-order valence-corrected chi connectivity index (χ2v) is 4.24. The van der Waals surface area contributed by atoms with Crippen LogP contribution in [0.5, 0.6) is 0 Å². The minimum atomic E-state index is 0.395. The Morgan fingerprint density at radius 2 is 2.12 bits per heavy atom. The number of benzene rings is 1. The smallest absolute Gasteiger partial charge is 0.106 e. The fourth-order valence-electron chi connectivity index (χ4n) is 1.70. The topological polar surface area (TPSA) is 43.8 Å². The zero-order chi connectivity index (χ0) is 11.7. The number of aromatic nitrogens is 2. The predicted octanol–water partition coefficient (Wildman–Crippen LogP) is 2.12. The number of aryl methyl sites for hydroxylation is 2. The minimum Gasteiger partial charge on any atom is -0.389 e. The van der Waals surface area contributed by atoms with E-state index < -0.39 is 0 Å². The highest BCUT2D eigenvalue weighted by atomic mass is 32.1. The van der Waals surface area contributed by atoms with Gasteiger partial charge in [0.2, 0.25) is 0 Å². The van der Waals surface area contributed by atoms with Crippen LogP contribution in [0.25, 0.3) is 5.69 Å². The van der Waals surface area contributed by atoms with Gasteiger partial charge in [0.05, 0.1) is 11.9 Å². The van der Waals surface area contributed by atoms with Gasteiger partial charge in [-0.3, -0.25) is 0 Å². The van der Waals surface area contributed by atoms with Crippen molar-refractivity contribution in [2.75, 3.05) is 0 Å². The number of nitrogens with zero attached hydrogens (tertiary/aromatic N) is 2. The van der Waals surface area contributed by atoms with Crippen LogP contribution in [0.4, 0.5) is 0 Å². The Morgan fingerprint density at radius 1 is 1.38 bits per heavy atom. The van der Waals surface area contributed by atoms with Crippen LogP contribution in [0.15, 0.2) is 30.6 Å². The third-order valence-corrected chi connectivity index (χ3v) is 2.66. The van der Waals surface area contributed by atoms with Crippen LogP contribution in [0.3, 0.4) is 0 Å². The molecule has 0 radical (unpaired) electrons.